The van der Waals surface area contributed by atoms with Gasteiger partial charge in [0.2, 0.25) is 0 Å². The molecule has 0 saturated heterocycles. The van der Waals surface area contributed by atoms with Crippen LogP contribution in [0.4, 0.5) is 0 Å². The van der Waals surface area contributed by atoms with Crippen molar-refractivity contribution in [2.24, 2.45) is 0 Å². The quantitative estimate of drug-likeness (QED) is 0.795. The summed E-state index contributed by atoms with van der Waals surface area (Å²) < 4.78 is 0. The van der Waals surface area contributed by atoms with Gasteiger partial charge in [0.05, 0.1) is 0 Å². The van der Waals surface area contributed by atoms with Crippen LogP contribution in [0.5, 0.6) is 0 Å². The number of nitrogens with one attached hydrogen (secondary N) is 1. The Hall–Kier alpha value is -1.12. The second-order valence-electron chi connectivity index (χ2n) is 4.70. The molecule has 96 valence electrons. The van der Waals surface area contributed by atoms with Crippen molar-refractivity contribution < 1.29 is 0 Å². The number of hydrogen-bond donors (Lipinski definition) is 1. The van der Waals surface area contributed by atoms with Crippen molar-refractivity contribution in [1.29, 1.82) is 0 Å². The summed E-state index contributed by atoms with van der Waals surface area (Å²) in [6, 6.07) is 13.6. The van der Waals surface area contributed by atoms with E-state index in [9.17, 15) is 0 Å². The van der Waals surface area contributed by atoms with Crippen LogP contribution in [0.15, 0.2) is 47.2 Å². The van der Waals surface area contributed by atoms with Crippen molar-refractivity contribution in [3.63, 3.8) is 0 Å². The van der Waals surface area contributed by atoms with Crippen LogP contribution in [0.2, 0.25) is 0 Å². The molecule has 0 amide bonds. The fourth-order valence-electron chi connectivity index (χ4n) is 2.24. The number of thiophene rings is 1. The van der Waals surface area contributed by atoms with E-state index >= 15 is 0 Å². The van der Waals surface area contributed by atoms with Gasteiger partial charge in [-0.2, -0.15) is 11.3 Å². The summed E-state index contributed by atoms with van der Waals surface area (Å²) in [6.07, 6.45) is 4.82. The molecule has 1 unspecified atom stereocenters. The lowest BCUT2D eigenvalue weighted by atomic mass is 10.0. The van der Waals surface area contributed by atoms with E-state index in [1.165, 1.54) is 30.4 Å². The molecular formula is C16H21NS. The summed E-state index contributed by atoms with van der Waals surface area (Å²) in [5.74, 6) is 0. The Morgan fingerprint density at radius 2 is 1.94 bits per heavy atom. The zero-order valence-corrected chi connectivity index (χ0v) is 11.7. The standard InChI is InChI=1S/C16H21NS/c1-17-16(12-15-10-11-18-13-15)9-5-8-14-6-3-2-4-7-14/h2-4,6-7,10-11,13,16-17H,5,8-9,12H2,1H3. The first kappa shape index (κ1) is 13.3. The molecule has 0 aliphatic carbocycles. The van der Waals surface area contributed by atoms with Crippen molar-refractivity contribution in [3.8, 4) is 0 Å². The van der Waals surface area contributed by atoms with Gasteiger partial charge >= 0.3 is 0 Å². The van der Waals surface area contributed by atoms with Crippen molar-refractivity contribution >= 4 is 11.3 Å². The van der Waals surface area contributed by atoms with E-state index in [1.807, 2.05) is 0 Å². The van der Waals surface area contributed by atoms with Crippen LogP contribution in [0.1, 0.15) is 24.0 Å². The van der Waals surface area contributed by atoms with E-state index in [-0.39, 0.29) is 0 Å². The highest BCUT2D eigenvalue weighted by molar-refractivity contribution is 7.07. The Morgan fingerprint density at radius 1 is 1.11 bits per heavy atom. The van der Waals surface area contributed by atoms with Gasteiger partial charge in [-0.05, 0) is 60.7 Å². The molecule has 1 nitrogen and oxygen atoms in total. The summed E-state index contributed by atoms with van der Waals surface area (Å²) in [5.41, 5.74) is 2.90. The third-order valence-corrected chi connectivity index (χ3v) is 4.06. The third-order valence-electron chi connectivity index (χ3n) is 3.33. The minimum atomic E-state index is 0.600. The maximum absolute atomic E-state index is 3.43. The molecule has 0 aliphatic rings. The predicted molar refractivity (Wildman–Crippen MR) is 80.3 cm³/mol. The minimum Gasteiger partial charge on any atom is -0.317 e. The average Bonchev–Trinajstić information content (AvgIpc) is 2.92. The SMILES string of the molecule is CNC(CCCc1ccccc1)Cc1ccsc1. The van der Waals surface area contributed by atoms with Gasteiger partial charge in [0.1, 0.15) is 0 Å². The van der Waals surface area contributed by atoms with Crippen LogP contribution < -0.4 is 5.32 Å². The monoisotopic (exact) mass is 259 g/mol. The van der Waals surface area contributed by atoms with Gasteiger partial charge in [0, 0.05) is 6.04 Å². The molecule has 1 aromatic carbocycles. The number of hydrogen-bond acceptors (Lipinski definition) is 2. The largest absolute Gasteiger partial charge is 0.317 e. The second kappa shape index (κ2) is 7.34. The molecule has 0 bridgehead atoms. The second-order valence-corrected chi connectivity index (χ2v) is 5.48. The molecule has 0 saturated carbocycles. The zero-order chi connectivity index (χ0) is 12.6. The number of aryl methyl sites for hydroxylation is 1. The molecule has 0 spiro atoms. The normalized spacial score (nSPS) is 12.5. The van der Waals surface area contributed by atoms with E-state index in [1.54, 1.807) is 11.3 Å². The van der Waals surface area contributed by atoms with Gasteiger partial charge in [0.25, 0.3) is 0 Å². The van der Waals surface area contributed by atoms with Crippen molar-refractivity contribution in [3.05, 3.63) is 58.3 Å². The average molecular weight is 259 g/mol. The van der Waals surface area contributed by atoms with E-state index < -0.39 is 0 Å². The molecule has 1 aromatic heterocycles. The minimum absolute atomic E-state index is 0.600. The molecule has 0 radical (unpaired) electrons. The van der Waals surface area contributed by atoms with Crippen LogP contribution >= 0.6 is 11.3 Å². The first-order valence-corrected chi connectivity index (χ1v) is 7.55. The van der Waals surface area contributed by atoms with Crippen LogP contribution in [0, 0.1) is 0 Å². The van der Waals surface area contributed by atoms with Gasteiger partial charge in [-0.15, -0.1) is 0 Å². The fourth-order valence-corrected chi connectivity index (χ4v) is 2.92. The zero-order valence-electron chi connectivity index (χ0n) is 10.9. The first-order valence-electron chi connectivity index (χ1n) is 6.61. The summed E-state index contributed by atoms with van der Waals surface area (Å²) in [5, 5.41) is 7.84. The topological polar surface area (TPSA) is 12.0 Å². The van der Waals surface area contributed by atoms with Crippen LogP contribution in [-0.4, -0.2) is 13.1 Å². The number of benzene rings is 1. The molecule has 2 aromatic rings. The Morgan fingerprint density at radius 3 is 2.61 bits per heavy atom. The highest BCUT2D eigenvalue weighted by Crippen LogP contribution is 2.13. The lowest BCUT2D eigenvalue weighted by molar-refractivity contribution is 0.502. The highest BCUT2D eigenvalue weighted by atomic mass is 32.1. The van der Waals surface area contributed by atoms with E-state index in [0.29, 0.717) is 6.04 Å². The van der Waals surface area contributed by atoms with E-state index in [0.717, 1.165) is 6.42 Å². The van der Waals surface area contributed by atoms with E-state index in [2.05, 4.69) is 59.5 Å². The maximum atomic E-state index is 3.43. The smallest absolute Gasteiger partial charge is 0.0105 e. The highest BCUT2D eigenvalue weighted by Gasteiger charge is 2.07. The summed E-state index contributed by atoms with van der Waals surface area (Å²) in [7, 11) is 2.07. The first-order chi connectivity index (χ1) is 8.88. The van der Waals surface area contributed by atoms with Crippen molar-refractivity contribution in [2.45, 2.75) is 31.7 Å². The van der Waals surface area contributed by atoms with Crippen molar-refractivity contribution in [2.75, 3.05) is 7.05 Å². The molecule has 2 heteroatoms. The van der Waals surface area contributed by atoms with Crippen LogP contribution in [0.3, 0.4) is 0 Å². The summed E-state index contributed by atoms with van der Waals surface area (Å²) >= 11 is 1.78. The molecule has 18 heavy (non-hydrogen) atoms. The molecule has 1 N–H and O–H groups in total. The number of likely N-dealkylation sites (N-methyl/N-ethyl adjacent to an activating group) is 1. The molecule has 2 rings (SSSR count). The van der Waals surface area contributed by atoms with Gasteiger partial charge < -0.3 is 5.32 Å². The Bertz CT molecular complexity index is 422. The molecule has 0 fully saturated rings. The molecule has 1 heterocycles. The van der Waals surface area contributed by atoms with Gasteiger partial charge in [-0.3, -0.25) is 0 Å². The Kier molecular flexibility index (Phi) is 5.43. The van der Waals surface area contributed by atoms with Gasteiger partial charge in [0.15, 0.2) is 0 Å². The van der Waals surface area contributed by atoms with E-state index in [4.69, 9.17) is 0 Å². The lowest BCUT2D eigenvalue weighted by Crippen LogP contribution is -2.27. The van der Waals surface area contributed by atoms with Crippen molar-refractivity contribution in [1.82, 2.24) is 5.32 Å². The maximum Gasteiger partial charge on any atom is 0.0105 e. The third kappa shape index (κ3) is 4.28. The molecule has 1 atom stereocenters. The van der Waals surface area contributed by atoms with Crippen LogP contribution in [-0.2, 0) is 12.8 Å². The van der Waals surface area contributed by atoms with Gasteiger partial charge in [-0.25, -0.2) is 0 Å². The number of rotatable bonds is 7. The lowest BCUT2D eigenvalue weighted by Gasteiger charge is -2.15. The molecular weight excluding hydrogens is 238 g/mol. The molecule has 0 aliphatic heterocycles. The predicted octanol–water partition coefficient (Wildman–Crippen LogP) is 3.90. The Balaban J connectivity index is 1.74. The summed E-state index contributed by atoms with van der Waals surface area (Å²) in [6.45, 7) is 0. The van der Waals surface area contributed by atoms with Gasteiger partial charge in [-0.1, -0.05) is 30.3 Å². The summed E-state index contributed by atoms with van der Waals surface area (Å²) in [4.78, 5) is 0. The Labute approximate surface area is 114 Å². The van der Waals surface area contributed by atoms with Crippen LogP contribution in [0.25, 0.3) is 0 Å². The fraction of sp³-hybridized carbons (Fsp3) is 0.375.